The summed E-state index contributed by atoms with van der Waals surface area (Å²) < 4.78 is 7.00. The molecule has 0 amide bonds. The van der Waals surface area contributed by atoms with Gasteiger partial charge in [0.05, 0.1) is 10.2 Å². The van der Waals surface area contributed by atoms with Gasteiger partial charge in [-0.05, 0) is 73.0 Å². The van der Waals surface area contributed by atoms with Gasteiger partial charge in [0.2, 0.25) is 0 Å². The largest absolute Gasteiger partial charge is 0.492 e. The molecule has 3 heteroatoms. The van der Waals surface area contributed by atoms with Crippen molar-refractivity contribution in [3.05, 3.63) is 27.8 Å². The highest BCUT2D eigenvalue weighted by molar-refractivity contribution is 14.1. The van der Waals surface area contributed by atoms with Crippen molar-refractivity contribution in [2.45, 2.75) is 19.3 Å². The Morgan fingerprint density at radius 3 is 3.00 bits per heavy atom. The maximum atomic E-state index is 5.80. The summed E-state index contributed by atoms with van der Waals surface area (Å²) in [5, 5.41) is 3.44. The van der Waals surface area contributed by atoms with Crippen LogP contribution in [0.4, 0.5) is 0 Å². The predicted molar refractivity (Wildman–Crippen MR) is 74.9 cm³/mol. The van der Waals surface area contributed by atoms with E-state index in [4.69, 9.17) is 4.74 Å². The van der Waals surface area contributed by atoms with Crippen molar-refractivity contribution in [2.75, 3.05) is 19.7 Å². The summed E-state index contributed by atoms with van der Waals surface area (Å²) in [6.45, 7) is 3.19. The van der Waals surface area contributed by atoms with Gasteiger partial charge < -0.3 is 10.1 Å². The van der Waals surface area contributed by atoms with Crippen molar-refractivity contribution in [2.24, 2.45) is 5.92 Å². The molecular weight excluding hydrogens is 313 g/mol. The molecule has 0 unspecified atom stereocenters. The Hall–Kier alpha value is -0.290. The lowest BCUT2D eigenvalue weighted by Gasteiger charge is -2.22. The summed E-state index contributed by atoms with van der Waals surface area (Å²) >= 11 is 2.32. The average molecular weight is 331 g/mol. The molecule has 1 fully saturated rings. The van der Waals surface area contributed by atoms with E-state index in [1.807, 2.05) is 18.2 Å². The van der Waals surface area contributed by atoms with Crippen LogP contribution in [0.3, 0.4) is 0 Å². The first-order valence-electron chi connectivity index (χ1n) is 5.94. The monoisotopic (exact) mass is 331 g/mol. The zero-order chi connectivity index (χ0) is 11.2. The number of halogens is 1. The topological polar surface area (TPSA) is 21.3 Å². The normalized spacial score (nSPS) is 20.7. The third-order valence-electron chi connectivity index (χ3n) is 3.02. The van der Waals surface area contributed by atoms with Crippen molar-refractivity contribution < 1.29 is 4.74 Å². The highest BCUT2D eigenvalue weighted by Crippen LogP contribution is 2.21. The fraction of sp³-hybridized carbons (Fsp3) is 0.538. The van der Waals surface area contributed by atoms with Crippen molar-refractivity contribution in [3.8, 4) is 5.75 Å². The maximum absolute atomic E-state index is 5.80. The zero-order valence-electron chi connectivity index (χ0n) is 9.42. The van der Waals surface area contributed by atoms with Crippen molar-refractivity contribution >= 4 is 22.6 Å². The van der Waals surface area contributed by atoms with Crippen molar-refractivity contribution in [3.63, 3.8) is 0 Å². The van der Waals surface area contributed by atoms with Gasteiger partial charge in [-0.2, -0.15) is 0 Å². The van der Waals surface area contributed by atoms with E-state index in [-0.39, 0.29) is 0 Å². The molecule has 0 spiro atoms. The number of piperidine rings is 1. The van der Waals surface area contributed by atoms with Crippen LogP contribution in [0.2, 0.25) is 0 Å². The fourth-order valence-corrected chi connectivity index (χ4v) is 2.61. The van der Waals surface area contributed by atoms with Gasteiger partial charge in [-0.25, -0.2) is 0 Å². The van der Waals surface area contributed by atoms with Crippen LogP contribution >= 0.6 is 22.6 Å². The smallest absolute Gasteiger partial charge is 0.132 e. The van der Waals surface area contributed by atoms with Crippen LogP contribution in [-0.4, -0.2) is 19.7 Å². The number of nitrogens with one attached hydrogen (secondary N) is 1. The summed E-state index contributed by atoms with van der Waals surface area (Å²) in [6, 6.07) is 8.19. The van der Waals surface area contributed by atoms with E-state index in [1.165, 1.54) is 23.0 Å². The Balaban J connectivity index is 1.73. The van der Waals surface area contributed by atoms with E-state index in [1.54, 1.807) is 0 Å². The molecule has 0 aromatic heterocycles. The fourth-order valence-electron chi connectivity index (χ4n) is 2.07. The molecule has 0 bridgehead atoms. The highest BCUT2D eigenvalue weighted by atomic mass is 127. The van der Waals surface area contributed by atoms with Crippen molar-refractivity contribution in [1.82, 2.24) is 5.32 Å². The third kappa shape index (κ3) is 3.63. The first-order chi connectivity index (χ1) is 7.86. The van der Waals surface area contributed by atoms with Crippen LogP contribution in [0, 0.1) is 9.49 Å². The van der Waals surface area contributed by atoms with E-state index in [2.05, 4.69) is 34.0 Å². The SMILES string of the molecule is Ic1ccccc1OCC[C@@H]1CCCNC1. The van der Waals surface area contributed by atoms with Crippen LogP contribution in [0.15, 0.2) is 24.3 Å². The number of hydrogen-bond acceptors (Lipinski definition) is 2. The molecule has 16 heavy (non-hydrogen) atoms. The van der Waals surface area contributed by atoms with Crippen LogP contribution in [-0.2, 0) is 0 Å². The van der Waals surface area contributed by atoms with Gasteiger partial charge in [0.1, 0.15) is 5.75 Å². The molecule has 1 saturated heterocycles. The molecule has 1 atom stereocenters. The van der Waals surface area contributed by atoms with Crippen LogP contribution in [0.5, 0.6) is 5.75 Å². The first kappa shape index (κ1) is 12.2. The molecule has 0 saturated carbocycles. The molecular formula is C13H18INO. The van der Waals surface area contributed by atoms with Gasteiger partial charge in [0, 0.05) is 0 Å². The highest BCUT2D eigenvalue weighted by Gasteiger charge is 2.12. The minimum Gasteiger partial charge on any atom is -0.492 e. The number of ether oxygens (including phenoxy) is 1. The number of benzene rings is 1. The predicted octanol–water partition coefficient (Wildman–Crippen LogP) is 3.06. The molecule has 1 aliphatic rings. The minimum atomic E-state index is 0.801. The van der Waals surface area contributed by atoms with E-state index >= 15 is 0 Å². The van der Waals surface area contributed by atoms with Crippen molar-refractivity contribution in [1.29, 1.82) is 0 Å². The molecule has 1 heterocycles. The number of rotatable bonds is 4. The molecule has 1 aliphatic heterocycles. The molecule has 2 nitrogen and oxygen atoms in total. The summed E-state index contributed by atoms with van der Waals surface area (Å²) in [7, 11) is 0. The molecule has 1 N–H and O–H groups in total. The molecule has 1 aromatic carbocycles. The Labute approximate surface area is 111 Å². The second-order valence-electron chi connectivity index (χ2n) is 4.28. The second kappa shape index (κ2) is 6.45. The van der Waals surface area contributed by atoms with Gasteiger partial charge >= 0.3 is 0 Å². The maximum Gasteiger partial charge on any atom is 0.132 e. The number of para-hydroxylation sites is 1. The molecule has 2 rings (SSSR count). The van der Waals surface area contributed by atoms with Crippen LogP contribution in [0.25, 0.3) is 0 Å². The van der Waals surface area contributed by atoms with Gasteiger partial charge in [0.15, 0.2) is 0 Å². The standard InChI is InChI=1S/C13H18INO/c14-12-5-1-2-6-13(12)16-9-7-11-4-3-8-15-10-11/h1-2,5-6,11,15H,3-4,7-10H2/t11-/m0/s1. The van der Waals surface area contributed by atoms with E-state index in [9.17, 15) is 0 Å². The zero-order valence-corrected chi connectivity index (χ0v) is 11.6. The molecule has 1 aromatic rings. The molecule has 0 aliphatic carbocycles. The van der Waals surface area contributed by atoms with Gasteiger partial charge in [-0.1, -0.05) is 12.1 Å². The molecule has 0 radical (unpaired) electrons. The second-order valence-corrected chi connectivity index (χ2v) is 5.44. The summed E-state index contributed by atoms with van der Waals surface area (Å²) in [4.78, 5) is 0. The Bertz CT molecular complexity index is 323. The summed E-state index contributed by atoms with van der Waals surface area (Å²) in [5.41, 5.74) is 0. The quantitative estimate of drug-likeness (QED) is 0.857. The Morgan fingerprint density at radius 1 is 1.38 bits per heavy atom. The van der Waals surface area contributed by atoms with Gasteiger partial charge in [-0.3, -0.25) is 0 Å². The van der Waals surface area contributed by atoms with E-state index in [0.29, 0.717) is 0 Å². The van der Waals surface area contributed by atoms with E-state index < -0.39 is 0 Å². The lowest BCUT2D eigenvalue weighted by atomic mass is 9.97. The Morgan fingerprint density at radius 2 is 2.25 bits per heavy atom. The lowest BCUT2D eigenvalue weighted by molar-refractivity contribution is 0.253. The average Bonchev–Trinajstić information content (AvgIpc) is 2.33. The lowest BCUT2D eigenvalue weighted by Crippen LogP contribution is -2.30. The summed E-state index contributed by atoms with van der Waals surface area (Å²) in [6.07, 6.45) is 3.83. The molecule has 88 valence electrons. The summed E-state index contributed by atoms with van der Waals surface area (Å²) in [5.74, 6) is 1.82. The Kier molecular flexibility index (Phi) is 4.91. The van der Waals surface area contributed by atoms with Gasteiger partial charge in [0.25, 0.3) is 0 Å². The third-order valence-corrected chi connectivity index (χ3v) is 3.91. The van der Waals surface area contributed by atoms with Crippen LogP contribution < -0.4 is 10.1 Å². The number of hydrogen-bond donors (Lipinski definition) is 1. The minimum absolute atomic E-state index is 0.801. The first-order valence-corrected chi connectivity index (χ1v) is 7.02. The van der Waals surface area contributed by atoms with Crippen LogP contribution in [0.1, 0.15) is 19.3 Å². The van der Waals surface area contributed by atoms with E-state index in [0.717, 1.165) is 31.2 Å². The van der Waals surface area contributed by atoms with Gasteiger partial charge in [-0.15, -0.1) is 0 Å².